The van der Waals surface area contributed by atoms with Crippen molar-refractivity contribution in [2.24, 2.45) is 10.8 Å². The third kappa shape index (κ3) is 4.51. The number of carbonyl (C=O) groups is 2. The van der Waals surface area contributed by atoms with Crippen LogP contribution >= 0.6 is 0 Å². The number of methoxy groups -OCH3 is 1. The quantitative estimate of drug-likeness (QED) is 0.770. The first-order chi connectivity index (χ1) is 15.5. The number of nitrogens with two attached hydrogens (primary N) is 1. The molecule has 2 amide bonds. The third-order valence-electron chi connectivity index (χ3n) is 5.80. The zero-order valence-electron chi connectivity index (χ0n) is 17.9. The second-order valence-electron chi connectivity index (χ2n) is 7.82. The van der Waals surface area contributed by atoms with Crippen molar-refractivity contribution >= 4 is 28.9 Å². The Labute approximate surface area is 186 Å². The molecule has 0 bridgehead atoms. The molecule has 2 N–H and O–H groups in total. The van der Waals surface area contributed by atoms with Crippen molar-refractivity contribution in [2.45, 2.75) is 18.9 Å². The fourth-order valence-corrected chi connectivity index (χ4v) is 4.05. The van der Waals surface area contributed by atoms with Gasteiger partial charge in [0.05, 0.1) is 12.8 Å². The van der Waals surface area contributed by atoms with Gasteiger partial charge in [-0.15, -0.1) is 0 Å². The average Bonchev–Trinajstić information content (AvgIpc) is 3.11. The van der Waals surface area contributed by atoms with E-state index in [2.05, 4.69) is 10.0 Å². The molecule has 168 valence electrons. The van der Waals surface area contributed by atoms with Gasteiger partial charge in [-0.3, -0.25) is 14.6 Å². The number of primary amides is 1. The van der Waals surface area contributed by atoms with Crippen LogP contribution in [-0.2, 0) is 9.59 Å². The minimum atomic E-state index is -0.776. The Morgan fingerprint density at radius 2 is 1.69 bits per heavy atom. The number of rotatable bonds is 5. The highest BCUT2D eigenvalue weighted by molar-refractivity contribution is 6.40. The smallest absolute Gasteiger partial charge is 0.270 e. The summed E-state index contributed by atoms with van der Waals surface area (Å²) in [5.41, 5.74) is 7.44. The first kappa shape index (κ1) is 21.6. The van der Waals surface area contributed by atoms with Crippen LogP contribution in [0.15, 0.2) is 53.6 Å². The number of hydrogen-bond donors (Lipinski definition) is 1. The van der Waals surface area contributed by atoms with E-state index in [1.807, 2.05) is 24.3 Å². The van der Waals surface area contributed by atoms with Crippen molar-refractivity contribution in [3.8, 4) is 5.75 Å². The zero-order chi connectivity index (χ0) is 22.7. The summed E-state index contributed by atoms with van der Waals surface area (Å²) in [6.07, 6.45) is 0.941. The standard InChI is InChI=1S/C23H26FN5O3/c1-32-19-9-7-17(8-10-19)27-11-2-12-28(14-13-27)23(31)20-15-21(22(25)30)29(26-20)18-5-3-16(24)4-6-18/h3-10,21H,2,11-15H2,1H3,(H2,25,30). The average molecular weight is 439 g/mol. The van der Waals surface area contributed by atoms with Gasteiger partial charge in [-0.2, -0.15) is 5.10 Å². The highest BCUT2D eigenvalue weighted by Gasteiger charge is 2.36. The van der Waals surface area contributed by atoms with Crippen LogP contribution < -0.4 is 20.4 Å². The van der Waals surface area contributed by atoms with Crippen molar-refractivity contribution in [3.63, 3.8) is 0 Å². The number of carbonyl (C=O) groups excluding carboxylic acids is 2. The number of hydrogen-bond acceptors (Lipinski definition) is 6. The Balaban J connectivity index is 1.46. The first-order valence-electron chi connectivity index (χ1n) is 10.6. The molecule has 0 radical (unpaired) electrons. The molecule has 9 heteroatoms. The minimum absolute atomic E-state index is 0.129. The molecule has 1 saturated heterocycles. The number of hydrazone groups is 1. The maximum Gasteiger partial charge on any atom is 0.270 e. The van der Waals surface area contributed by atoms with E-state index in [4.69, 9.17) is 10.5 Å². The van der Waals surface area contributed by atoms with Crippen LogP contribution in [0.3, 0.4) is 0 Å². The largest absolute Gasteiger partial charge is 0.497 e. The number of anilines is 2. The van der Waals surface area contributed by atoms with Gasteiger partial charge in [0, 0.05) is 38.3 Å². The van der Waals surface area contributed by atoms with E-state index in [-0.39, 0.29) is 18.0 Å². The molecule has 0 saturated carbocycles. The summed E-state index contributed by atoms with van der Waals surface area (Å²) in [7, 11) is 1.64. The van der Waals surface area contributed by atoms with Crippen molar-refractivity contribution in [2.75, 3.05) is 43.2 Å². The van der Waals surface area contributed by atoms with Gasteiger partial charge in [0.1, 0.15) is 23.3 Å². The summed E-state index contributed by atoms with van der Waals surface area (Å²) >= 11 is 0. The number of ether oxygens (including phenoxy) is 1. The van der Waals surface area contributed by atoms with Gasteiger partial charge in [-0.25, -0.2) is 4.39 Å². The summed E-state index contributed by atoms with van der Waals surface area (Å²) in [5.74, 6) is -0.371. The van der Waals surface area contributed by atoms with E-state index >= 15 is 0 Å². The van der Waals surface area contributed by atoms with Crippen LogP contribution in [0.4, 0.5) is 15.8 Å². The fraction of sp³-hybridized carbons (Fsp3) is 0.348. The lowest BCUT2D eigenvalue weighted by atomic mass is 10.1. The Bertz CT molecular complexity index is 1010. The topological polar surface area (TPSA) is 91.5 Å². The van der Waals surface area contributed by atoms with Gasteiger partial charge in [0.25, 0.3) is 5.91 Å². The molecule has 1 atom stereocenters. The summed E-state index contributed by atoms with van der Waals surface area (Å²) in [5, 5.41) is 5.81. The highest BCUT2D eigenvalue weighted by Crippen LogP contribution is 2.26. The summed E-state index contributed by atoms with van der Waals surface area (Å²) < 4.78 is 18.5. The molecule has 2 aliphatic heterocycles. The Kier molecular flexibility index (Phi) is 6.25. The number of halogens is 1. The van der Waals surface area contributed by atoms with Crippen LogP contribution in [0.1, 0.15) is 12.8 Å². The lowest BCUT2D eigenvalue weighted by molar-refractivity contribution is -0.124. The molecule has 0 aromatic heterocycles. The zero-order valence-corrected chi connectivity index (χ0v) is 17.9. The van der Waals surface area contributed by atoms with Gasteiger partial charge < -0.3 is 20.3 Å². The second-order valence-corrected chi connectivity index (χ2v) is 7.82. The molecule has 0 spiro atoms. The maximum atomic E-state index is 13.3. The number of amides is 2. The number of nitrogens with zero attached hydrogens (tertiary/aromatic N) is 4. The van der Waals surface area contributed by atoms with Crippen molar-refractivity contribution in [1.29, 1.82) is 0 Å². The monoisotopic (exact) mass is 439 g/mol. The van der Waals surface area contributed by atoms with Crippen LogP contribution in [0.2, 0.25) is 0 Å². The SMILES string of the molecule is COc1ccc(N2CCCN(C(=O)C3=NN(c4ccc(F)cc4)C(C(N)=O)C3)CC2)cc1. The van der Waals surface area contributed by atoms with Gasteiger partial charge >= 0.3 is 0 Å². The molecule has 1 fully saturated rings. The summed E-state index contributed by atoms with van der Waals surface area (Å²) in [6, 6.07) is 12.7. The van der Waals surface area contributed by atoms with Crippen molar-refractivity contribution in [3.05, 3.63) is 54.3 Å². The Morgan fingerprint density at radius 3 is 2.34 bits per heavy atom. The third-order valence-corrected chi connectivity index (χ3v) is 5.80. The van der Waals surface area contributed by atoms with Gasteiger partial charge in [-0.05, 0) is 55.0 Å². The molecule has 0 aliphatic carbocycles. The van der Waals surface area contributed by atoms with E-state index in [9.17, 15) is 14.0 Å². The molecule has 1 unspecified atom stereocenters. The number of benzene rings is 2. The minimum Gasteiger partial charge on any atom is -0.497 e. The predicted octanol–water partition coefficient (Wildman–Crippen LogP) is 1.99. The molecule has 2 aromatic carbocycles. The molecular formula is C23H26FN5O3. The lowest BCUT2D eigenvalue weighted by Crippen LogP contribution is -2.41. The molecule has 4 rings (SSSR count). The second kappa shape index (κ2) is 9.25. The summed E-state index contributed by atoms with van der Waals surface area (Å²) in [4.78, 5) is 29.2. The lowest BCUT2D eigenvalue weighted by Gasteiger charge is -2.23. The van der Waals surface area contributed by atoms with E-state index in [0.29, 0.717) is 25.3 Å². The highest BCUT2D eigenvalue weighted by atomic mass is 19.1. The first-order valence-corrected chi connectivity index (χ1v) is 10.6. The molecular weight excluding hydrogens is 413 g/mol. The van der Waals surface area contributed by atoms with Crippen LogP contribution in [0.5, 0.6) is 5.75 Å². The van der Waals surface area contributed by atoms with E-state index in [0.717, 1.165) is 24.4 Å². The van der Waals surface area contributed by atoms with Gasteiger partial charge in [0.15, 0.2) is 0 Å². The van der Waals surface area contributed by atoms with E-state index in [1.54, 1.807) is 12.0 Å². The van der Waals surface area contributed by atoms with Crippen molar-refractivity contribution < 1.29 is 18.7 Å². The molecule has 2 heterocycles. The Morgan fingerprint density at radius 1 is 1.00 bits per heavy atom. The molecule has 2 aromatic rings. The van der Waals surface area contributed by atoms with Crippen LogP contribution in [0, 0.1) is 5.82 Å². The van der Waals surface area contributed by atoms with Gasteiger partial charge in [0.2, 0.25) is 5.91 Å². The molecule has 8 nitrogen and oxygen atoms in total. The Hall–Kier alpha value is -3.62. The molecule has 32 heavy (non-hydrogen) atoms. The van der Waals surface area contributed by atoms with Gasteiger partial charge in [-0.1, -0.05) is 0 Å². The van der Waals surface area contributed by atoms with Crippen molar-refractivity contribution in [1.82, 2.24) is 4.90 Å². The van der Waals surface area contributed by atoms with Crippen LogP contribution in [0.25, 0.3) is 0 Å². The normalized spacial score (nSPS) is 18.9. The fourth-order valence-electron chi connectivity index (χ4n) is 4.05. The predicted molar refractivity (Wildman–Crippen MR) is 120 cm³/mol. The van der Waals surface area contributed by atoms with E-state index in [1.165, 1.54) is 29.3 Å². The van der Waals surface area contributed by atoms with E-state index < -0.39 is 17.8 Å². The molecule has 2 aliphatic rings. The summed E-state index contributed by atoms with van der Waals surface area (Å²) in [6.45, 7) is 2.66. The van der Waals surface area contributed by atoms with Crippen LogP contribution in [-0.4, -0.2) is 61.8 Å². The maximum absolute atomic E-state index is 13.3.